The lowest BCUT2D eigenvalue weighted by atomic mass is 10.2. The van der Waals surface area contributed by atoms with Crippen LogP contribution in [-0.2, 0) is 9.47 Å². The summed E-state index contributed by atoms with van der Waals surface area (Å²) in [6.45, 7) is 11.8. The SMILES string of the molecule is CCOCCOCCCCNCC(C)C. The van der Waals surface area contributed by atoms with Gasteiger partial charge in [0.25, 0.3) is 0 Å². The Morgan fingerprint density at radius 2 is 1.73 bits per heavy atom. The highest BCUT2D eigenvalue weighted by atomic mass is 16.5. The largest absolute Gasteiger partial charge is 0.379 e. The Kier molecular flexibility index (Phi) is 11.9. The van der Waals surface area contributed by atoms with Gasteiger partial charge in [-0.2, -0.15) is 0 Å². The normalized spacial score (nSPS) is 11.2. The number of nitrogens with one attached hydrogen (secondary N) is 1. The van der Waals surface area contributed by atoms with E-state index in [0.717, 1.165) is 51.9 Å². The monoisotopic (exact) mass is 217 g/mol. The van der Waals surface area contributed by atoms with E-state index in [9.17, 15) is 0 Å². The van der Waals surface area contributed by atoms with E-state index in [1.54, 1.807) is 0 Å². The van der Waals surface area contributed by atoms with Crippen molar-refractivity contribution in [1.29, 1.82) is 0 Å². The van der Waals surface area contributed by atoms with Gasteiger partial charge in [-0.25, -0.2) is 0 Å². The first kappa shape index (κ1) is 14.9. The molecule has 0 aliphatic rings. The Labute approximate surface area is 94.5 Å². The lowest BCUT2D eigenvalue weighted by Gasteiger charge is -2.07. The Morgan fingerprint density at radius 1 is 1.00 bits per heavy atom. The van der Waals surface area contributed by atoms with Crippen LogP contribution in [-0.4, -0.2) is 39.5 Å². The average molecular weight is 217 g/mol. The highest BCUT2D eigenvalue weighted by Crippen LogP contribution is 1.91. The van der Waals surface area contributed by atoms with Gasteiger partial charge in [0.15, 0.2) is 0 Å². The molecule has 0 aromatic carbocycles. The molecule has 0 rings (SSSR count). The Balaban J connectivity index is 2.87. The third-order valence-electron chi connectivity index (χ3n) is 2.02. The third-order valence-corrected chi connectivity index (χ3v) is 2.02. The summed E-state index contributed by atoms with van der Waals surface area (Å²) < 4.78 is 10.6. The lowest BCUT2D eigenvalue weighted by molar-refractivity contribution is 0.0514. The molecule has 0 aliphatic carbocycles. The minimum Gasteiger partial charge on any atom is -0.379 e. The van der Waals surface area contributed by atoms with Crippen molar-refractivity contribution in [3.05, 3.63) is 0 Å². The smallest absolute Gasteiger partial charge is 0.0700 e. The van der Waals surface area contributed by atoms with Gasteiger partial charge in [-0.1, -0.05) is 13.8 Å². The molecular weight excluding hydrogens is 190 g/mol. The quantitative estimate of drug-likeness (QED) is 0.537. The maximum absolute atomic E-state index is 5.41. The Hall–Kier alpha value is -0.120. The Bertz CT molecular complexity index is 118. The van der Waals surface area contributed by atoms with E-state index >= 15 is 0 Å². The molecule has 0 unspecified atom stereocenters. The molecule has 15 heavy (non-hydrogen) atoms. The predicted molar refractivity (Wildman–Crippen MR) is 64.3 cm³/mol. The number of ether oxygens (including phenoxy) is 2. The molecular formula is C12H27NO2. The van der Waals surface area contributed by atoms with Crippen molar-refractivity contribution in [3.8, 4) is 0 Å². The predicted octanol–water partition coefficient (Wildman–Crippen LogP) is 2.07. The second-order valence-electron chi connectivity index (χ2n) is 4.11. The number of hydrogen-bond donors (Lipinski definition) is 1. The van der Waals surface area contributed by atoms with Crippen LogP contribution in [0.1, 0.15) is 33.6 Å². The first-order valence-electron chi connectivity index (χ1n) is 6.13. The first-order chi connectivity index (χ1) is 7.27. The van der Waals surface area contributed by atoms with Crippen LogP contribution in [0.3, 0.4) is 0 Å². The molecule has 0 heterocycles. The molecule has 3 nitrogen and oxygen atoms in total. The highest BCUT2D eigenvalue weighted by Gasteiger charge is 1.93. The second-order valence-corrected chi connectivity index (χ2v) is 4.11. The van der Waals surface area contributed by atoms with Gasteiger partial charge in [0.05, 0.1) is 13.2 Å². The summed E-state index contributed by atoms with van der Waals surface area (Å²) in [7, 11) is 0. The minimum atomic E-state index is 0.724. The van der Waals surface area contributed by atoms with E-state index in [0.29, 0.717) is 0 Å². The van der Waals surface area contributed by atoms with Crippen molar-refractivity contribution in [1.82, 2.24) is 5.32 Å². The van der Waals surface area contributed by atoms with Gasteiger partial charge in [-0.05, 0) is 38.8 Å². The van der Waals surface area contributed by atoms with Crippen molar-refractivity contribution >= 4 is 0 Å². The molecule has 0 fully saturated rings. The molecule has 0 bridgehead atoms. The molecule has 0 aromatic rings. The fraction of sp³-hybridized carbons (Fsp3) is 1.00. The van der Waals surface area contributed by atoms with Gasteiger partial charge < -0.3 is 14.8 Å². The van der Waals surface area contributed by atoms with Gasteiger partial charge in [0.1, 0.15) is 0 Å². The topological polar surface area (TPSA) is 30.5 Å². The maximum atomic E-state index is 5.41. The van der Waals surface area contributed by atoms with Crippen molar-refractivity contribution in [2.75, 3.05) is 39.5 Å². The molecule has 0 aromatic heterocycles. The molecule has 0 aliphatic heterocycles. The molecule has 0 atom stereocenters. The minimum absolute atomic E-state index is 0.724. The molecule has 0 amide bonds. The van der Waals surface area contributed by atoms with E-state index in [1.807, 2.05) is 6.92 Å². The molecule has 0 radical (unpaired) electrons. The standard InChI is InChI=1S/C12H27NO2/c1-4-14-9-10-15-8-6-5-7-13-11-12(2)3/h12-13H,4-11H2,1-3H3. The summed E-state index contributed by atoms with van der Waals surface area (Å²) in [5.41, 5.74) is 0. The van der Waals surface area contributed by atoms with Crippen molar-refractivity contribution < 1.29 is 9.47 Å². The average Bonchev–Trinajstić information content (AvgIpc) is 2.20. The van der Waals surface area contributed by atoms with Crippen LogP contribution in [0.2, 0.25) is 0 Å². The lowest BCUT2D eigenvalue weighted by Crippen LogP contribution is -2.21. The van der Waals surface area contributed by atoms with E-state index < -0.39 is 0 Å². The maximum Gasteiger partial charge on any atom is 0.0700 e. The molecule has 1 N–H and O–H groups in total. The summed E-state index contributed by atoms with van der Waals surface area (Å²) in [6.07, 6.45) is 2.33. The van der Waals surface area contributed by atoms with Gasteiger partial charge in [0.2, 0.25) is 0 Å². The van der Waals surface area contributed by atoms with Crippen LogP contribution >= 0.6 is 0 Å². The second kappa shape index (κ2) is 12.0. The van der Waals surface area contributed by atoms with Crippen molar-refractivity contribution in [3.63, 3.8) is 0 Å². The summed E-state index contributed by atoms with van der Waals surface area (Å²) >= 11 is 0. The Morgan fingerprint density at radius 3 is 2.40 bits per heavy atom. The summed E-state index contributed by atoms with van der Waals surface area (Å²) in [6, 6.07) is 0. The highest BCUT2D eigenvalue weighted by molar-refractivity contribution is 4.51. The number of hydrogen-bond acceptors (Lipinski definition) is 3. The van der Waals surface area contributed by atoms with Gasteiger partial charge in [-0.15, -0.1) is 0 Å². The summed E-state index contributed by atoms with van der Waals surface area (Å²) in [4.78, 5) is 0. The third kappa shape index (κ3) is 13.9. The van der Waals surface area contributed by atoms with Gasteiger partial charge in [0, 0.05) is 13.2 Å². The van der Waals surface area contributed by atoms with Crippen LogP contribution in [0.5, 0.6) is 0 Å². The molecule has 0 saturated carbocycles. The van der Waals surface area contributed by atoms with Crippen LogP contribution in [0.15, 0.2) is 0 Å². The molecule has 3 heteroatoms. The van der Waals surface area contributed by atoms with Crippen LogP contribution in [0, 0.1) is 5.92 Å². The van der Waals surface area contributed by atoms with Crippen LogP contribution < -0.4 is 5.32 Å². The number of rotatable bonds is 11. The zero-order chi connectivity index (χ0) is 11.4. The van der Waals surface area contributed by atoms with Crippen LogP contribution in [0.4, 0.5) is 0 Å². The van der Waals surface area contributed by atoms with Gasteiger partial charge in [-0.3, -0.25) is 0 Å². The summed E-state index contributed by atoms with van der Waals surface area (Å²) in [5, 5.41) is 3.42. The fourth-order valence-corrected chi connectivity index (χ4v) is 1.21. The van der Waals surface area contributed by atoms with Crippen molar-refractivity contribution in [2.24, 2.45) is 5.92 Å². The summed E-state index contributed by atoms with van der Waals surface area (Å²) in [5.74, 6) is 0.743. The van der Waals surface area contributed by atoms with E-state index in [-0.39, 0.29) is 0 Å². The zero-order valence-corrected chi connectivity index (χ0v) is 10.6. The van der Waals surface area contributed by atoms with Gasteiger partial charge >= 0.3 is 0 Å². The number of unbranched alkanes of at least 4 members (excludes halogenated alkanes) is 1. The van der Waals surface area contributed by atoms with Crippen molar-refractivity contribution in [2.45, 2.75) is 33.6 Å². The fourth-order valence-electron chi connectivity index (χ4n) is 1.21. The first-order valence-corrected chi connectivity index (χ1v) is 6.13. The zero-order valence-electron chi connectivity index (χ0n) is 10.6. The van der Waals surface area contributed by atoms with E-state index in [1.165, 1.54) is 6.42 Å². The molecule has 92 valence electrons. The molecule has 0 saturated heterocycles. The molecule has 0 spiro atoms. The van der Waals surface area contributed by atoms with E-state index in [2.05, 4.69) is 19.2 Å². The van der Waals surface area contributed by atoms with Crippen LogP contribution in [0.25, 0.3) is 0 Å². The van der Waals surface area contributed by atoms with E-state index in [4.69, 9.17) is 9.47 Å².